The molecule has 4 N–H and O–H groups in total. The number of hydrogen-bond acceptors (Lipinski definition) is 4. The van der Waals surface area contributed by atoms with Gasteiger partial charge in [0.1, 0.15) is 0 Å². The predicted octanol–water partition coefficient (Wildman–Crippen LogP) is 2.13. The predicted molar refractivity (Wildman–Crippen MR) is 94.4 cm³/mol. The zero-order chi connectivity index (χ0) is 16.9. The molecule has 0 atom stereocenters. The number of nitrogens with two attached hydrogens (primary N) is 1. The SMILES string of the molecule is COCc1cc(=O)[nH]c(/N=C(\N)Nc2cccc3ccccc23)n1. The standard InChI is InChI=1S/C17H17N5O2/c1-24-10-12-9-15(23)21-17(19-12)22-16(18)20-14-8-4-6-11-5-2-3-7-13(11)14/h2-9H,10H2,1H3,(H4,18,19,20,21,22,23). The Balaban J connectivity index is 1.90. The number of H-pyrrole nitrogens is 1. The van der Waals surface area contributed by atoms with Crippen molar-refractivity contribution >= 4 is 28.4 Å². The molecule has 0 aliphatic heterocycles. The Bertz CT molecular complexity index is 944. The van der Waals surface area contributed by atoms with E-state index in [0.717, 1.165) is 16.5 Å². The Morgan fingerprint density at radius 1 is 1.29 bits per heavy atom. The number of aliphatic imine (C=N–C) groups is 1. The normalized spacial score (nSPS) is 11.6. The Kier molecular flexibility index (Phi) is 4.53. The fourth-order valence-electron chi connectivity index (χ4n) is 2.38. The Hall–Kier alpha value is -3.19. The van der Waals surface area contributed by atoms with Crippen LogP contribution in [0.4, 0.5) is 11.6 Å². The molecule has 0 saturated heterocycles. The number of methoxy groups -OCH3 is 1. The molecule has 0 aliphatic carbocycles. The van der Waals surface area contributed by atoms with Gasteiger partial charge in [-0.1, -0.05) is 36.4 Å². The molecule has 3 rings (SSSR count). The van der Waals surface area contributed by atoms with Gasteiger partial charge in [0.15, 0.2) is 0 Å². The average Bonchev–Trinajstić information content (AvgIpc) is 2.55. The van der Waals surface area contributed by atoms with Crippen molar-refractivity contribution in [1.29, 1.82) is 0 Å². The number of aromatic nitrogens is 2. The molecule has 0 fully saturated rings. The lowest BCUT2D eigenvalue weighted by molar-refractivity contribution is 0.181. The number of anilines is 1. The molecule has 7 heteroatoms. The molecule has 7 nitrogen and oxygen atoms in total. The molecule has 0 bridgehead atoms. The van der Waals surface area contributed by atoms with E-state index >= 15 is 0 Å². The fourth-order valence-corrected chi connectivity index (χ4v) is 2.38. The van der Waals surface area contributed by atoms with Crippen LogP contribution in [0.5, 0.6) is 0 Å². The summed E-state index contributed by atoms with van der Waals surface area (Å²) in [6, 6.07) is 15.1. The number of aromatic amines is 1. The van der Waals surface area contributed by atoms with Gasteiger partial charge >= 0.3 is 0 Å². The van der Waals surface area contributed by atoms with Crippen molar-refractivity contribution in [1.82, 2.24) is 9.97 Å². The minimum Gasteiger partial charge on any atom is -0.378 e. The van der Waals surface area contributed by atoms with Gasteiger partial charge in [0.05, 0.1) is 12.3 Å². The number of guanidine groups is 1. The van der Waals surface area contributed by atoms with Gasteiger partial charge in [-0.2, -0.15) is 4.99 Å². The first kappa shape index (κ1) is 15.7. The molecule has 3 aromatic rings. The third-order valence-electron chi connectivity index (χ3n) is 3.35. The van der Waals surface area contributed by atoms with Crippen molar-refractivity contribution in [3.63, 3.8) is 0 Å². The van der Waals surface area contributed by atoms with Gasteiger partial charge in [0.2, 0.25) is 11.9 Å². The zero-order valence-electron chi connectivity index (χ0n) is 13.1. The Morgan fingerprint density at radius 2 is 2.08 bits per heavy atom. The van der Waals surface area contributed by atoms with Crippen LogP contribution in [0.15, 0.2) is 58.3 Å². The summed E-state index contributed by atoms with van der Waals surface area (Å²) in [5.41, 5.74) is 6.95. The largest absolute Gasteiger partial charge is 0.378 e. The molecule has 0 amide bonds. The number of ether oxygens (including phenoxy) is 1. The van der Waals surface area contributed by atoms with Gasteiger partial charge < -0.3 is 15.8 Å². The van der Waals surface area contributed by atoms with Crippen LogP contribution in [0.2, 0.25) is 0 Å². The van der Waals surface area contributed by atoms with E-state index < -0.39 is 0 Å². The van der Waals surface area contributed by atoms with E-state index in [1.165, 1.54) is 13.2 Å². The lowest BCUT2D eigenvalue weighted by Gasteiger charge is -2.09. The van der Waals surface area contributed by atoms with Crippen LogP contribution in [-0.4, -0.2) is 23.0 Å². The first-order chi connectivity index (χ1) is 11.7. The highest BCUT2D eigenvalue weighted by atomic mass is 16.5. The summed E-state index contributed by atoms with van der Waals surface area (Å²) in [5.74, 6) is 0.254. The monoisotopic (exact) mass is 323 g/mol. The minimum absolute atomic E-state index is 0.125. The molecule has 0 spiro atoms. The number of nitrogens with zero attached hydrogens (tertiary/aromatic N) is 2. The van der Waals surface area contributed by atoms with Crippen molar-refractivity contribution < 1.29 is 4.74 Å². The summed E-state index contributed by atoms with van der Waals surface area (Å²) in [5, 5.41) is 5.15. The van der Waals surface area contributed by atoms with E-state index in [4.69, 9.17) is 10.5 Å². The highest BCUT2D eigenvalue weighted by Gasteiger charge is 2.04. The molecular formula is C17H17N5O2. The molecule has 0 radical (unpaired) electrons. The minimum atomic E-state index is -0.311. The van der Waals surface area contributed by atoms with Crippen LogP contribution in [0.25, 0.3) is 10.8 Å². The van der Waals surface area contributed by atoms with Gasteiger partial charge in [0.25, 0.3) is 5.56 Å². The number of nitrogens with one attached hydrogen (secondary N) is 2. The third-order valence-corrected chi connectivity index (χ3v) is 3.35. The smallest absolute Gasteiger partial charge is 0.252 e. The summed E-state index contributed by atoms with van der Waals surface area (Å²) in [7, 11) is 1.53. The lowest BCUT2D eigenvalue weighted by Crippen LogP contribution is -2.22. The van der Waals surface area contributed by atoms with Crippen LogP contribution in [0, 0.1) is 0 Å². The molecule has 122 valence electrons. The van der Waals surface area contributed by atoms with E-state index in [0.29, 0.717) is 5.69 Å². The average molecular weight is 323 g/mol. The van der Waals surface area contributed by atoms with Crippen LogP contribution in [0.1, 0.15) is 5.69 Å². The molecular weight excluding hydrogens is 306 g/mol. The number of hydrogen-bond donors (Lipinski definition) is 3. The maximum atomic E-state index is 11.6. The van der Waals surface area contributed by atoms with E-state index in [1.54, 1.807) is 0 Å². The van der Waals surface area contributed by atoms with Gasteiger partial charge in [-0.25, -0.2) is 4.98 Å². The lowest BCUT2D eigenvalue weighted by atomic mass is 10.1. The summed E-state index contributed by atoms with van der Waals surface area (Å²) >= 11 is 0. The zero-order valence-corrected chi connectivity index (χ0v) is 13.1. The molecule has 0 aliphatic rings. The Morgan fingerprint density at radius 3 is 2.92 bits per heavy atom. The maximum absolute atomic E-state index is 11.6. The second-order valence-electron chi connectivity index (χ2n) is 5.14. The maximum Gasteiger partial charge on any atom is 0.252 e. The first-order valence-corrected chi connectivity index (χ1v) is 7.34. The molecule has 1 heterocycles. The van der Waals surface area contributed by atoms with E-state index in [1.807, 2.05) is 42.5 Å². The third kappa shape index (κ3) is 3.58. The van der Waals surface area contributed by atoms with Crippen LogP contribution >= 0.6 is 0 Å². The second kappa shape index (κ2) is 6.93. The van der Waals surface area contributed by atoms with Crippen molar-refractivity contribution in [3.05, 3.63) is 64.6 Å². The number of benzene rings is 2. The first-order valence-electron chi connectivity index (χ1n) is 7.34. The number of rotatable bonds is 4. The molecule has 0 saturated carbocycles. The summed E-state index contributed by atoms with van der Waals surface area (Å²) in [6.45, 7) is 0.225. The van der Waals surface area contributed by atoms with Gasteiger partial charge in [0, 0.05) is 24.2 Å². The second-order valence-corrected chi connectivity index (χ2v) is 5.14. The summed E-state index contributed by atoms with van der Waals surface area (Å²) < 4.78 is 4.98. The topological polar surface area (TPSA) is 105 Å². The highest BCUT2D eigenvalue weighted by molar-refractivity contribution is 6.03. The molecule has 24 heavy (non-hydrogen) atoms. The molecule has 1 aromatic heterocycles. The van der Waals surface area contributed by atoms with Gasteiger partial charge in [-0.3, -0.25) is 9.78 Å². The van der Waals surface area contributed by atoms with Crippen molar-refractivity contribution in [2.75, 3.05) is 12.4 Å². The van der Waals surface area contributed by atoms with Crippen LogP contribution < -0.4 is 16.6 Å². The van der Waals surface area contributed by atoms with Gasteiger partial charge in [-0.15, -0.1) is 0 Å². The summed E-state index contributed by atoms with van der Waals surface area (Å²) in [6.07, 6.45) is 0. The molecule has 2 aromatic carbocycles. The van der Waals surface area contributed by atoms with E-state index in [9.17, 15) is 4.79 Å². The highest BCUT2D eigenvalue weighted by Crippen LogP contribution is 2.22. The summed E-state index contributed by atoms with van der Waals surface area (Å²) in [4.78, 5) is 22.5. The van der Waals surface area contributed by atoms with E-state index in [-0.39, 0.29) is 24.1 Å². The molecule has 0 unspecified atom stereocenters. The van der Waals surface area contributed by atoms with Crippen molar-refractivity contribution in [2.45, 2.75) is 6.61 Å². The Labute approximate surface area is 138 Å². The van der Waals surface area contributed by atoms with Crippen LogP contribution in [-0.2, 0) is 11.3 Å². The fraction of sp³-hybridized carbons (Fsp3) is 0.118. The van der Waals surface area contributed by atoms with E-state index in [2.05, 4.69) is 20.3 Å². The van der Waals surface area contributed by atoms with Crippen LogP contribution in [0.3, 0.4) is 0 Å². The quantitative estimate of drug-likeness (QED) is 0.504. The number of fused-ring (bicyclic) bond motifs is 1. The van der Waals surface area contributed by atoms with Crippen molar-refractivity contribution in [3.8, 4) is 0 Å². The van der Waals surface area contributed by atoms with Crippen molar-refractivity contribution in [2.24, 2.45) is 10.7 Å². The van der Waals surface area contributed by atoms with Gasteiger partial charge in [-0.05, 0) is 11.5 Å².